The van der Waals surface area contributed by atoms with E-state index in [4.69, 9.17) is 16.3 Å². The van der Waals surface area contributed by atoms with E-state index in [-0.39, 0.29) is 35.1 Å². The molecular weight excluding hydrogens is 428 g/mol. The van der Waals surface area contributed by atoms with Crippen molar-refractivity contribution in [2.24, 2.45) is 7.05 Å². The number of fused-ring (bicyclic) bond motifs is 1. The van der Waals surface area contributed by atoms with Crippen molar-refractivity contribution in [3.05, 3.63) is 68.1 Å². The van der Waals surface area contributed by atoms with Gasteiger partial charge in [-0.15, -0.1) is 0 Å². The molecule has 0 fully saturated rings. The Morgan fingerprint density at radius 2 is 1.90 bits per heavy atom. The number of aryl methyl sites for hydroxylation is 2. The van der Waals surface area contributed by atoms with Crippen molar-refractivity contribution in [2.75, 3.05) is 5.32 Å². The zero-order valence-electron chi connectivity index (χ0n) is 16.7. The van der Waals surface area contributed by atoms with Crippen LogP contribution in [0.1, 0.15) is 13.3 Å². The second-order valence-corrected chi connectivity index (χ2v) is 7.18. The van der Waals surface area contributed by atoms with Crippen LogP contribution in [0, 0.1) is 10.1 Å². The van der Waals surface area contributed by atoms with Crippen LogP contribution < -0.4 is 11.0 Å². The molecule has 0 aliphatic carbocycles. The molecule has 1 unspecified atom stereocenters. The summed E-state index contributed by atoms with van der Waals surface area (Å²) < 4.78 is 8.08. The van der Waals surface area contributed by atoms with Gasteiger partial charge in [0.25, 0.3) is 11.6 Å². The quantitative estimate of drug-likeness (QED) is 0.338. The molecule has 31 heavy (non-hydrogen) atoms. The van der Waals surface area contributed by atoms with Crippen LogP contribution in [-0.4, -0.2) is 32.0 Å². The predicted octanol–water partition coefficient (Wildman–Crippen LogP) is 2.86. The summed E-state index contributed by atoms with van der Waals surface area (Å²) in [6.45, 7) is 1.45. The van der Waals surface area contributed by atoms with Crippen LogP contribution in [0.3, 0.4) is 0 Å². The topological polar surface area (TPSA) is 125 Å². The second-order valence-electron chi connectivity index (χ2n) is 6.77. The van der Waals surface area contributed by atoms with Gasteiger partial charge in [0, 0.05) is 25.7 Å². The normalized spacial score (nSPS) is 11.8. The molecule has 1 atom stereocenters. The Kier molecular flexibility index (Phi) is 6.40. The number of nitrogens with one attached hydrogen (secondary N) is 1. The Bertz CT molecular complexity index is 1230. The Balaban J connectivity index is 1.62. The zero-order valence-corrected chi connectivity index (χ0v) is 17.5. The smallest absolute Gasteiger partial charge is 0.328 e. The highest BCUT2D eigenvalue weighted by molar-refractivity contribution is 6.33. The molecule has 0 radical (unpaired) electrons. The third-order valence-corrected chi connectivity index (χ3v) is 5.02. The summed E-state index contributed by atoms with van der Waals surface area (Å²) in [6.07, 6.45) is -1.30. The third-order valence-electron chi connectivity index (χ3n) is 4.69. The number of nitro benzene ring substituents is 1. The molecule has 0 saturated carbocycles. The number of amides is 1. The number of halogens is 1. The predicted molar refractivity (Wildman–Crippen MR) is 114 cm³/mol. The number of carbonyl (C=O) groups excluding carboxylic acids is 2. The number of carbonyl (C=O) groups is 2. The van der Waals surface area contributed by atoms with Crippen LogP contribution in [-0.2, 0) is 27.9 Å². The SMILES string of the molecule is CC(OC(=O)CCn1c(=O)n(C)c2ccccc21)C(=O)Nc1cc([N+](=O)[O-])ccc1Cl. The van der Waals surface area contributed by atoms with Gasteiger partial charge in [0.05, 0.1) is 33.1 Å². The number of imidazole rings is 1. The number of nitro groups is 1. The van der Waals surface area contributed by atoms with Gasteiger partial charge >= 0.3 is 11.7 Å². The molecule has 10 nitrogen and oxygen atoms in total. The van der Waals surface area contributed by atoms with Gasteiger partial charge in [0.2, 0.25) is 0 Å². The van der Waals surface area contributed by atoms with Crippen LogP contribution in [0.2, 0.25) is 5.02 Å². The van der Waals surface area contributed by atoms with Crippen molar-refractivity contribution in [1.82, 2.24) is 9.13 Å². The fourth-order valence-corrected chi connectivity index (χ4v) is 3.21. The van der Waals surface area contributed by atoms with Gasteiger partial charge in [-0.2, -0.15) is 0 Å². The molecule has 3 aromatic rings. The summed E-state index contributed by atoms with van der Waals surface area (Å²) in [5, 5.41) is 13.4. The summed E-state index contributed by atoms with van der Waals surface area (Å²) in [5.41, 5.74) is 0.951. The van der Waals surface area contributed by atoms with Crippen LogP contribution in [0.5, 0.6) is 0 Å². The van der Waals surface area contributed by atoms with Crippen molar-refractivity contribution in [3.8, 4) is 0 Å². The van der Waals surface area contributed by atoms with E-state index in [1.807, 2.05) is 6.07 Å². The van der Waals surface area contributed by atoms with Crippen LogP contribution >= 0.6 is 11.6 Å². The average molecular weight is 447 g/mol. The van der Waals surface area contributed by atoms with E-state index in [0.717, 1.165) is 11.6 Å². The fourth-order valence-electron chi connectivity index (χ4n) is 3.05. The number of nitrogens with zero attached hydrogens (tertiary/aromatic N) is 3. The average Bonchev–Trinajstić information content (AvgIpc) is 2.98. The van der Waals surface area contributed by atoms with Gasteiger partial charge in [-0.3, -0.25) is 28.8 Å². The number of hydrogen-bond donors (Lipinski definition) is 1. The first-order valence-electron chi connectivity index (χ1n) is 9.27. The van der Waals surface area contributed by atoms with E-state index in [9.17, 15) is 24.5 Å². The maximum absolute atomic E-state index is 12.4. The lowest BCUT2D eigenvalue weighted by Gasteiger charge is -2.14. The van der Waals surface area contributed by atoms with Gasteiger partial charge in [-0.1, -0.05) is 23.7 Å². The Hall–Kier alpha value is -3.66. The van der Waals surface area contributed by atoms with Gasteiger partial charge in [-0.05, 0) is 25.1 Å². The first-order chi connectivity index (χ1) is 14.7. The van der Waals surface area contributed by atoms with E-state index >= 15 is 0 Å². The maximum Gasteiger partial charge on any atom is 0.328 e. The Labute approximate surface area is 181 Å². The van der Waals surface area contributed by atoms with E-state index in [2.05, 4.69) is 5.32 Å². The first-order valence-corrected chi connectivity index (χ1v) is 9.65. The summed E-state index contributed by atoms with van der Waals surface area (Å²) in [5.74, 6) is -1.37. The molecule has 11 heteroatoms. The molecule has 1 N–H and O–H groups in total. The number of para-hydroxylation sites is 2. The number of esters is 1. The van der Waals surface area contributed by atoms with E-state index in [1.165, 1.54) is 28.2 Å². The molecular formula is C20H19ClN4O6. The lowest BCUT2D eigenvalue weighted by molar-refractivity contribution is -0.384. The van der Waals surface area contributed by atoms with Crippen molar-refractivity contribution >= 4 is 45.9 Å². The van der Waals surface area contributed by atoms with Crippen molar-refractivity contribution in [2.45, 2.75) is 26.0 Å². The maximum atomic E-state index is 12.4. The highest BCUT2D eigenvalue weighted by atomic mass is 35.5. The van der Waals surface area contributed by atoms with Crippen LogP contribution in [0.15, 0.2) is 47.3 Å². The molecule has 2 aromatic carbocycles. The Morgan fingerprint density at radius 1 is 1.23 bits per heavy atom. The van der Waals surface area contributed by atoms with Crippen molar-refractivity contribution in [1.29, 1.82) is 0 Å². The lowest BCUT2D eigenvalue weighted by Crippen LogP contribution is -2.31. The number of rotatable bonds is 7. The van der Waals surface area contributed by atoms with E-state index in [0.29, 0.717) is 5.52 Å². The largest absolute Gasteiger partial charge is 0.452 e. The third kappa shape index (κ3) is 4.75. The van der Waals surface area contributed by atoms with E-state index in [1.54, 1.807) is 25.2 Å². The monoisotopic (exact) mass is 446 g/mol. The molecule has 0 bridgehead atoms. The highest BCUT2D eigenvalue weighted by Crippen LogP contribution is 2.26. The van der Waals surface area contributed by atoms with Gasteiger partial charge < -0.3 is 10.1 Å². The molecule has 0 spiro atoms. The van der Waals surface area contributed by atoms with Gasteiger partial charge in [-0.25, -0.2) is 4.79 Å². The molecule has 0 aliphatic heterocycles. The number of hydrogen-bond acceptors (Lipinski definition) is 6. The standard InChI is InChI=1S/C20H19ClN4O6/c1-12(19(27)22-15-11-13(25(29)30)7-8-14(15)21)31-18(26)9-10-24-17-6-4-3-5-16(17)23(2)20(24)28/h3-8,11-12H,9-10H2,1-2H3,(H,22,27). The van der Waals surface area contributed by atoms with Crippen LogP contribution in [0.25, 0.3) is 11.0 Å². The Morgan fingerprint density at radius 3 is 2.58 bits per heavy atom. The number of benzene rings is 2. The molecule has 162 valence electrons. The van der Waals surface area contributed by atoms with Crippen molar-refractivity contribution < 1.29 is 19.2 Å². The number of non-ortho nitro benzene ring substituents is 1. The second kappa shape index (κ2) is 9.00. The minimum Gasteiger partial charge on any atom is -0.452 e. The van der Waals surface area contributed by atoms with E-state index < -0.39 is 22.9 Å². The minimum absolute atomic E-state index is 0.0334. The lowest BCUT2D eigenvalue weighted by atomic mass is 10.2. The van der Waals surface area contributed by atoms with Crippen molar-refractivity contribution in [3.63, 3.8) is 0 Å². The summed E-state index contributed by atoms with van der Waals surface area (Å²) in [6, 6.07) is 10.8. The molecule has 1 heterocycles. The molecule has 0 saturated heterocycles. The zero-order chi connectivity index (χ0) is 22.7. The number of anilines is 1. The van der Waals surface area contributed by atoms with Gasteiger partial charge in [0.1, 0.15) is 0 Å². The van der Waals surface area contributed by atoms with Crippen LogP contribution in [0.4, 0.5) is 11.4 Å². The molecule has 1 aromatic heterocycles. The minimum atomic E-state index is -1.17. The molecule has 1 amide bonds. The molecule has 0 aliphatic rings. The fraction of sp³-hybridized carbons (Fsp3) is 0.250. The summed E-state index contributed by atoms with van der Waals surface area (Å²) >= 11 is 5.96. The summed E-state index contributed by atoms with van der Waals surface area (Å²) in [4.78, 5) is 47.2. The summed E-state index contributed by atoms with van der Waals surface area (Å²) in [7, 11) is 1.64. The number of ether oxygens (including phenoxy) is 1. The number of aromatic nitrogens is 2. The highest BCUT2D eigenvalue weighted by Gasteiger charge is 2.21. The molecule has 3 rings (SSSR count). The first kappa shape index (κ1) is 22.0. The van der Waals surface area contributed by atoms with Gasteiger partial charge in [0.15, 0.2) is 6.10 Å².